The minimum Gasteiger partial charge on any atom is -0.378 e. The summed E-state index contributed by atoms with van der Waals surface area (Å²) in [5.74, 6) is -0.158. The van der Waals surface area contributed by atoms with Crippen LogP contribution in [-0.2, 0) is 24.4 Å². The summed E-state index contributed by atoms with van der Waals surface area (Å²) in [6.07, 6.45) is -4.29. The van der Waals surface area contributed by atoms with Crippen molar-refractivity contribution in [1.29, 1.82) is 0 Å². The van der Waals surface area contributed by atoms with Crippen LogP contribution in [0.15, 0.2) is 24.3 Å². The zero-order chi connectivity index (χ0) is 25.8. The van der Waals surface area contributed by atoms with Crippen molar-refractivity contribution in [2.45, 2.75) is 25.6 Å². The van der Waals surface area contributed by atoms with Gasteiger partial charge in [0.05, 0.1) is 35.4 Å². The van der Waals surface area contributed by atoms with Crippen LogP contribution in [0.2, 0.25) is 10.0 Å². The van der Waals surface area contributed by atoms with Crippen LogP contribution in [0.5, 0.6) is 0 Å². The number of nitrogens with zero attached hydrogens (tertiary/aromatic N) is 4. The highest BCUT2D eigenvalue weighted by Crippen LogP contribution is 2.35. The number of amides is 1. The van der Waals surface area contributed by atoms with Gasteiger partial charge in [-0.1, -0.05) is 23.2 Å². The van der Waals surface area contributed by atoms with Gasteiger partial charge in [-0.3, -0.25) is 9.69 Å². The molecule has 5 rings (SSSR count). The van der Waals surface area contributed by atoms with Gasteiger partial charge in [0.15, 0.2) is 0 Å². The molecule has 1 aromatic carbocycles. The SMILES string of the molecule is Cc1nc(C(F)(F)F)cc2c1cc(Cc1c(Cl)ccc(C(=O)N3CCN(C4COC4)CC3)c1Cl)n2C. The van der Waals surface area contributed by atoms with Crippen molar-refractivity contribution in [3.63, 3.8) is 0 Å². The summed E-state index contributed by atoms with van der Waals surface area (Å²) in [6, 6.07) is 6.55. The lowest BCUT2D eigenvalue weighted by Crippen LogP contribution is -2.57. The van der Waals surface area contributed by atoms with E-state index >= 15 is 0 Å². The minimum absolute atomic E-state index is 0.158. The van der Waals surface area contributed by atoms with Crippen molar-refractivity contribution in [3.8, 4) is 0 Å². The minimum atomic E-state index is -4.54. The molecule has 1 amide bonds. The molecule has 192 valence electrons. The van der Waals surface area contributed by atoms with Gasteiger partial charge in [0.2, 0.25) is 0 Å². The number of aryl methyl sites for hydroxylation is 2. The van der Waals surface area contributed by atoms with Crippen LogP contribution < -0.4 is 0 Å². The number of fused-ring (bicyclic) bond motifs is 1. The molecular formula is C25H25Cl2F3N4O2. The predicted molar refractivity (Wildman–Crippen MR) is 132 cm³/mol. The molecule has 0 atom stereocenters. The number of piperazine rings is 1. The molecule has 4 heterocycles. The van der Waals surface area contributed by atoms with Crippen molar-refractivity contribution in [2.24, 2.45) is 7.05 Å². The Morgan fingerprint density at radius 1 is 1.14 bits per heavy atom. The smallest absolute Gasteiger partial charge is 0.378 e. The molecule has 2 aromatic heterocycles. The highest BCUT2D eigenvalue weighted by molar-refractivity contribution is 6.38. The molecule has 0 bridgehead atoms. The summed E-state index contributed by atoms with van der Waals surface area (Å²) in [5.41, 5.74) is 1.40. The third-order valence-electron chi connectivity index (χ3n) is 7.13. The van der Waals surface area contributed by atoms with Gasteiger partial charge < -0.3 is 14.2 Å². The Morgan fingerprint density at radius 2 is 1.83 bits per heavy atom. The molecule has 2 fully saturated rings. The first-order valence-electron chi connectivity index (χ1n) is 11.7. The lowest BCUT2D eigenvalue weighted by molar-refractivity contribution is -0.141. The molecule has 6 nitrogen and oxygen atoms in total. The number of carbonyl (C=O) groups is 1. The standard InChI is InChI=1S/C25H25Cl2F3N4O2/c1-14-18-9-15(32(2)21(18)11-22(31-14)25(28,29)30)10-19-20(26)4-3-17(23(19)27)24(35)34-7-5-33(6-8-34)16-12-36-13-16/h3-4,9,11,16H,5-8,10,12-13H2,1-2H3. The van der Waals surface area contributed by atoms with Crippen molar-refractivity contribution >= 4 is 40.0 Å². The fourth-order valence-corrected chi connectivity index (χ4v) is 5.44. The van der Waals surface area contributed by atoms with Crippen LogP contribution in [0.3, 0.4) is 0 Å². The third-order valence-corrected chi connectivity index (χ3v) is 7.92. The van der Waals surface area contributed by atoms with E-state index in [-0.39, 0.29) is 23.0 Å². The zero-order valence-corrected chi connectivity index (χ0v) is 21.3. The Morgan fingerprint density at radius 3 is 2.44 bits per heavy atom. The Hall–Kier alpha value is -2.33. The monoisotopic (exact) mass is 540 g/mol. The molecule has 0 aliphatic carbocycles. The van der Waals surface area contributed by atoms with Crippen LogP contribution in [0, 0.1) is 6.92 Å². The number of hydrogen-bond donors (Lipinski definition) is 0. The second kappa shape index (κ2) is 9.52. The number of pyridine rings is 1. The van der Waals surface area contributed by atoms with E-state index in [1.54, 1.807) is 41.6 Å². The molecule has 2 aliphatic heterocycles. The number of alkyl halides is 3. The molecule has 0 N–H and O–H groups in total. The molecule has 11 heteroatoms. The summed E-state index contributed by atoms with van der Waals surface area (Å²) >= 11 is 13.2. The fraction of sp³-hybridized carbons (Fsp3) is 0.440. The number of benzene rings is 1. The van der Waals surface area contributed by atoms with Gasteiger partial charge in [0.25, 0.3) is 5.91 Å². The highest BCUT2D eigenvalue weighted by atomic mass is 35.5. The van der Waals surface area contributed by atoms with E-state index in [2.05, 4.69) is 9.88 Å². The second-order valence-electron chi connectivity index (χ2n) is 9.30. The first-order valence-corrected chi connectivity index (χ1v) is 12.4. The van der Waals surface area contributed by atoms with Crippen LogP contribution in [0.1, 0.15) is 33.0 Å². The Balaban J connectivity index is 1.41. The quantitative estimate of drug-likeness (QED) is 0.469. The number of aromatic nitrogens is 2. The molecule has 3 aromatic rings. The average molecular weight is 541 g/mol. The molecule has 0 saturated carbocycles. The number of carbonyl (C=O) groups excluding carboxylic acids is 1. The topological polar surface area (TPSA) is 50.6 Å². The number of hydrogen-bond acceptors (Lipinski definition) is 4. The fourth-order valence-electron chi connectivity index (χ4n) is 4.86. The summed E-state index contributed by atoms with van der Waals surface area (Å²) < 4.78 is 46.8. The van der Waals surface area contributed by atoms with E-state index in [4.69, 9.17) is 27.9 Å². The summed E-state index contributed by atoms with van der Waals surface area (Å²) in [7, 11) is 1.70. The van der Waals surface area contributed by atoms with Crippen LogP contribution >= 0.6 is 23.2 Å². The first-order chi connectivity index (χ1) is 17.0. The van der Waals surface area contributed by atoms with E-state index in [9.17, 15) is 18.0 Å². The van der Waals surface area contributed by atoms with Crippen molar-refractivity contribution in [3.05, 3.63) is 62.5 Å². The van der Waals surface area contributed by atoms with E-state index in [0.717, 1.165) is 32.4 Å². The normalized spacial score (nSPS) is 17.6. The maximum atomic E-state index is 13.3. The van der Waals surface area contributed by atoms with Crippen LogP contribution in [-0.4, -0.2) is 70.7 Å². The Bertz CT molecular complexity index is 1330. The summed E-state index contributed by atoms with van der Waals surface area (Å²) in [6.45, 7) is 5.78. The second-order valence-corrected chi connectivity index (χ2v) is 10.1. The molecule has 2 saturated heterocycles. The van der Waals surface area contributed by atoms with Gasteiger partial charge in [-0.2, -0.15) is 13.2 Å². The maximum Gasteiger partial charge on any atom is 0.433 e. The molecule has 0 spiro atoms. The van der Waals surface area contributed by atoms with E-state index in [0.29, 0.717) is 51.9 Å². The van der Waals surface area contributed by atoms with E-state index < -0.39 is 11.9 Å². The molecule has 0 unspecified atom stereocenters. The summed E-state index contributed by atoms with van der Waals surface area (Å²) in [4.78, 5) is 21.2. The summed E-state index contributed by atoms with van der Waals surface area (Å²) in [5, 5.41) is 1.27. The van der Waals surface area contributed by atoms with Crippen LogP contribution in [0.25, 0.3) is 10.9 Å². The van der Waals surface area contributed by atoms with Crippen molar-refractivity contribution in [2.75, 3.05) is 39.4 Å². The van der Waals surface area contributed by atoms with E-state index in [1.165, 1.54) is 0 Å². The molecule has 0 radical (unpaired) electrons. The van der Waals surface area contributed by atoms with Crippen molar-refractivity contribution in [1.82, 2.24) is 19.4 Å². The van der Waals surface area contributed by atoms with Gasteiger partial charge in [-0.05, 0) is 36.8 Å². The van der Waals surface area contributed by atoms with Crippen LogP contribution in [0.4, 0.5) is 13.2 Å². The maximum absolute atomic E-state index is 13.3. The number of halogens is 5. The number of ether oxygens (including phenoxy) is 1. The Labute approximate surface area is 216 Å². The molecular weight excluding hydrogens is 516 g/mol. The number of rotatable bonds is 4. The molecule has 36 heavy (non-hydrogen) atoms. The van der Waals surface area contributed by atoms with Crippen molar-refractivity contribution < 1.29 is 22.7 Å². The zero-order valence-electron chi connectivity index (χ0n) is 19.8. The largest absolute Gasteiger partial charge is 0.433 e. The highest BCUT2D eigenvalue weighted by Gasteiger charge is 2.34. The van der Waals surface area contributed by atoms with E-state index in [1.807, 2.05) is 0 Å². The Kier molecular flexibility index (Phi) is 6.70. The lowest BCUT2D eigenvalue weighted by Gasteiger charge is -2.42. The molecule has 2 aliphatic rings. The first kappa shape index (κ1) is 25.3. The van der Waals surface area contributed by atoms with Gasteiger partial charge in [0, 0.05) is 61.4 Å². The predicted octanol–water partition coefficient (Wildman–Crippen LogP) is 4.95. The van der Waals surface area contributed by atoms with Gasteiger partial charge in [-0.25, -0.2) is 4.98 Å². The lowest BCUT2D eigenvalue weighted by atomic mass is 10.0. The van der Waals surface area contributed by atoms with Gasteiger partial charge in [-0.15, -0.1) is 0 Å². The van der Waals surface area contributed by atoms with Gasteiger partial charge in [0.1, 0.15) is 5.69 Å². The van der Waals surface area contributed by atoms with Gasteiger partial charge >= 0.3 is 6.18 Å². The average Bonchev–Trinajstić information content (AvgIpc) is 3.11. The third kappa shape index (κ3) is 4.58.